The third kappa shape index (κ3) is 3.80. The van der Waals surface area contributed by atoms with E-state index >= 15 is 0 Å². The Morgan fingerprint density at radius 2 is 2.06 bits per heavy atom. The van der Waals surface area contributed by atoms with E-state index in [2.05, 4.69) is 6.58 Å². The summed E-state index contributed by atoms with van der Waals surface area (Å²) in [5.74, 6) is 0.444. The molecule has 1 N–H and O–H groups in total. The van der Waals surface area contributed by atoms with Crippen molar-refractivity contribution in [2.75, 3.05) is 13.1 Å². The van der Waals surface area contributed by atoms with E-state index in [-0.39, 0.29) is 0 Å². The molecule has 0 aliphatic carbocycles. The Morgan fingerprint density at radius 1 is 1.44 bits per heavy atom. The molecule has 0 saturated carbocycles. The van der Waals surface area contributed by atoms with E-state index in [1.165, 1.54) is 12.5 Å². The van der Waals surface area contributed by atoms with Gasteiger partial charge in [-0.15, -0.1) is 0 Å². The van der Waals surface area contributed by atoms with Gasteiger partial charge in [0.25, 0.3) is 0 Å². The maximum Gasteiger partial charge on any atom is 0.127 e. The van der Waals surface area contributed by atoms with Crippen molar-refractivity contribution in [1.82, 2.24) is 4.90 Å². The van der Waals surface area contributed by atoms with Crippen LogP contribution in [0.5, 0.6) is 0 Å². The molecule has 1 atom stereocenters. The van der Waals surface area contributed by atoms with Gasteiger partial charge in [0.15, 0.2) is 0 Å². The van der Waals surface area contributed by atoms with Crippen LogP contribution in [0.4, 0.5) is 4.39 Å². The van der Waals surface area contributed by atoms with Crippen molar-refractivity contribution in [3.05, 3.63) is 24.3 Å². The monoisotopic (exact) mass is 224 g/mol. The Labute approximate surface area is 97.3 Å². The molecule has 3 heteroatoms. The molecule has 1 aliphatic rings. The standard InChI is InChI=1S/C13H21FN2/c1-3-12(14)8-7-11(2)13(15)16-9-5-4-6-10-16/h7-8,12,15H,2-6,9-10H2,1H3. The molecule has 16 heavy (non-hydrogen) atoms. The molecule has 0 spiro atoms. The van der Waals surface area contributed by atoms with Crippen molar-refractivity contribution in [3.8, 4) is 0 Å². The predicted octanol–water partition coefficient (Wildman–Crippen LogP) is 3.31. The molecule has 1 fully saturated rings. The maximum absolute atomic E-state index is 13.0. The van der Waals surface area contributed by atoms with Gasteiger partial charge in [-0.2, -0.15) is 0 Å². The lowest BCUT2D eigenvalue weighted by atomic mass is 10.1. The molecule has 0 aromatic heterocycles. The second-order valence-corrected chi connectivity index (χ2v) is 4.20. The summed E-state index contributed by atoms with van der Waals surface area (Å²) in [6, 6.07) is 0. The Bertz CT molecular complexity index is 278. The first-order chi connectivity index (χ1) is 7.65. The van der Waals surface area contributed by atoms with Crippen LogP contribution in [-0.4, -0.2) is 30.0 Å². The highest BCUT2D eigenvalue weighted by Gasteiger charge is 2.14. The number of nitrogens with one attached hydrogen (secondary N) is 1. The van der Waals surface area contributed by atoms with E-state index in [4.69, 9.17) is 5.41 Å². The van der Waals surface area contributed by atoms with Crippen LogP contribution >= 0.6 is 0 Å². The first-order valence-corrected chi connectivity index (χ1v) is 6.00. The number of hydrogen-bond acceptors (Lipinski definition) is 1. The Balaban J connectivity index is 2.46. The summed E-state index contributed by atoms with van der Waals surface area (Å²) in [5.41, 5.74) is 0.609. The van der Waals surface area contributed by atoms with Crippen LogP contribution in [0, 0.1) is 5.41 Å². The molecule has 0 aromatic carbocycles. The van der Waals surface area contributed by atoms with Crippen LogP contribution in [0.3, 0.4) is 0 Å². The fraction of sp³-hybridized carbons (Fsp3) is 0.615. The molecule has 0 bridgehead atoms. The molecule has 0 aromatic rings. The molecule has 0 amide bonds. The average molecular weight is 224 g/mol. The minimum absolute atomic E-state index is 0.444. The van der Waals surface area contributed by atoms with E-state index in [0.29, 0.717) is 17.8 Å². The lowest BCUT2D eigenvalue weighted by Gasteiger charge is -2.29. The molecular weight excluding hydrogens is 203 g/mol. The van der Waals surface area contributed by atoms with E-state index in [9.17, 15) is 4.39 Å². The smallest absolute Gasteiger partial charge is 0.127 e. The van der Waals surface area contributed by atoms with Gasteiger partial charge in [-0.1, -0.05) is 25.7 Å². The number of rotatable bonds is 4. The summed E-state index contributed by atoms with van der Waals surface area (Å²) in [4.78, 5) is 2.02. The highest BCUT2D eigenvalue weighted by molar-refractivity contribution is 5.97. The number of hydrogen-bond donors (Lipinski definition) is 1. The lowest BCUT2D eigenvalue weighted by molar-refractivity contribution is 0.341. The highest BCUT2D eigenvalue weighted by Crippen LogP contribution is 2.12. The van der Waals surface area contributed by atoms with Crippen molar-refractivity contribution in [3.63, 3.8) is 0 Å². The van der Waals surface area contributed by atoms with Gasteiger partial charge in [-0.25, -0.2) is 4.39 Å². The Kier molecular flexibility index (Phi) is 5.23. The fourth-order valence-electron chi connectivity index (χ4n) is 1.76. The molecule has 1 unspecified atom stereocenters. The first kappa shape index (κ1) is 12.9. The largest absolute Gasteiger partial charge is 0.357 e. The molecule has 2 nitrogen and oxygen atoms in total. The molecule has 1 rings (SSSR count). The zero-order chi connectivity index (χ0) is 12.0. The number of nitrogens with zero attached hydrogens (tertiary/aromatic N) is 1. The second-order valence-electron chi connectivity index (χ2n) is 4.20. The van der Waals surface area contributed by atoms with Crippen LogP contribution in [0.25, 0.3) is 0 Å². The molecular formula is C13H21FN2. The molecule has 90 valence electrons. The van der Waals surface area contributed by atoms with Gasteiger partial charge < -0.3 is 4.90 Å². The highest BCUT2D eigenvalue weighted by atomic mass is 19.1. The average Bonchev–Trinajstić information content (AvgIpc) is 2.35. The van der Waals surface area contributed by atoms with Gasteiger partial charge >= 0.3 is 0 Å². The van der Waals surface area contributed by atoms with Gasteiger partial charge in [-0.05, 0) is 25.7 Å². The van der Waals surface area contributed by atoms with Crippen molar-refractivity contribution in [2.24, 2.45) is 0 Å². The summed E-state index contributed by atoms with van der Waals surface area (Å²) in [6.07, 6.45) is 6.19. The topological polar surface area (TPSA) is 27.1 Å². The molecule has 1 saturated heterocycles. The quantitative estimate of drug-likeness (QED) is 0.443. The zero-order valence-electron chi connectivity index (χ0n) is 10.0. The number of likely N-dealkylation sites (tertiary alicyclic amines) is 1. The van der Waals surface area contributed by atoms with E-state index in [1.807, 2.05) is 4.90 Å². The van der Waals surface area contributed by atoms with Crippen LogP contribution in [0.1, 0.15) is 32.6 Å². The summed E-state index contributed by atoms with van der Waals surface area (Å²) in [7, 11) is 0. The SMILES string of the molecule is C=C(C=CC(F)CC)C(=N)N1CCCCC1. The summed E-state index contributed by atoms with van der Waals surface area (Å²) in [6.45, 7) is 7.47. The number of piperidine rings is 1. The number of amidine groups is 1. The molecule has 0 radical (unpaired) electrons. The maximum atomic E-state index is 13.0. The first-order valence-electron chi connectivity index (χ1n) is 6.00. The van der Waals surface area contributed by atoms with Gasteiger partial charge in [0, 0.05) is 18.7 Å². The third-order valence-electron chi connectivity index (χ3n) is 2.87. The van der Waals surface area contributed by atoms with Crippen LogP contribution in [-0.2, 0) is 0 Å². The zero-order valence-corrected chi connectivity index (χ0v) is 10.0. The van der Waals surface area contributed by atoms with E-state index in [1.54, 1.807) is 13.0 Å². The summed E-state index contributed by atoms with van der Waals surface area (Å²) < 4.78 is 13.0. The van der Waals surface area contributed by atoms with Crippen molar-refractivity contribution < 1.29 is 4.39 Å². The Hall–Kier alpha value is -1.12. The number of halogens is 1. The predicted molar refractivity (Wildman–Crippen MR) is 66.6 cm³/mol. The lowest BCUT2D eigenvalue weighted by Crippen LogP contribution is -2.35. The molecule has 1 aliphatic heterocycles. The molecule has 1 heterocycles. The van der Waals surface area contributed by atoms with Crippen LogP contribution in [0.15, 0.2) is 24.3 Å². The second kappa shape index (κ2) is 6.46. The minimum Gasteiger partial charge on any atom is -0.357 e. The minimum atomic E-state index is -0.925. The number of alkyl halides is 1. The fourth-order valence-corrected chi connectivity index (χ4v) is 1.76. The van der Waals surface area contributed by atoms with Gasteiger partial charge in [0.1, 0.15) is 12.0 Å². The van der Waals surface area contributed by atoms with Gasteiger partial charge in [0.05, 0.1) is 0 Å². The summed E-state index contributed by atoms with van der Waals surface area (Å²) >= 11 is 0. The van der Waals surface area contributed by atoms with E-state index in [0.717, 1.165) is 25.9 Å². The van der Waals surface area contributed by atoms with Crippen molar-refractivity contribution in [2.45, 2.75) is 38.8 Å². The van der Waals surface area contributed by atoms with Crippen LogP contribution < -0.4 is 0 Å². The van der Waals surface area contributed by atoms with Crippen LogP contribution in [0.2, 0.25) is 0 Å². The van der Waals surface area contributed by atoms with Gasteiger partial charge in [0.2, 0.25) is 0 Å². The normalized spacial score (nSPS) is 18.8. The van der Waals surface area contributed by atoms with Crippen molar-refractivity contribution in [1.29, 1.82) is 5.41 Å². The van der Waals surface area contributed by atoms with E-state index < -0.39 is 6.17 Å². The van der Waals surface area contributed by atoms with Gasteiger partial charge in [-0.3, -0.25) is 5.41 Å². The Morgan fingerprint density at radius 3 is 2.62 bits per heavy atom. The van der Waals surface area contributed by atoms with Crippen molar-refractivity contribution >= 4 is 5.84 Å². The third-order valence-corrected chi connectivity index (χ3v) is 2.87. The summed E-state index contributed by atoms with van der Waals surface area (Å²) in [5, 5.41) is 7.94. The number of allylic oxidation sites excluding steroid dienone is 1.